The maximum absolute atomic E-state index is 10.2. The standard InChI is InChI=1S/C34H23Cl2N3O/c1-22-28(26-14-8-9-15-31(26)39(22)21-23-16-17-29(35)30(36)18-23)20-38-34-27(19-37)32(24-10-4-2-5-11-24)33(40-34)25-12-6-3-7-13-25/h2-18,20H,21H2,1H3. The average Bonchev–Trinajstić information content (AvgIpc) is 3.49. The van der Waals surface area contributed by atoms with Gasteiger partial charge in [0.05, 0.1) is 10.0 Å². The van der Waals surface area contributed by atoms with Gasteiger partial charge in [-0.25, -0.2) is 4.99 Å². The van der Waals surface area contributed by atoms with Gasteiger partial charge in [0.25, 0.3) is 0 Å². The summed E-state index contributed by atoms with van der Waals surface area (Å²) in [5.41, 5.74) is 7.03. The molecule has 6 aromatic rings. The molecule has 0 radical (unpaired) electrons. The van der Waals surface area contributed by atoms with Crippen LogP contribution in [0.5, 0.6) is 0 Å². The van der Waals surface area contributed by atoms with Crippen LogP contribution in [0.15, 0.2) is 113 Å². The number of nitriles is 1. The Labute approximate surface area is 242 Å². The molecular weight excluding hydrogens is 537 g/mol. The molecule has 0 fully saturated rings. The van der Waals surface area contributed by atoms with Crippen molar-refractivity contribution in [1.29, 1.82) is 5.26 Å². The maximum atomic E-state index is 10.2. The zero-order valence-electron chi connectivity index (χ0n) is 21.6. The van der Waals surface area contributed by atoms with Crippen LogP contribution in [-0.2, 0) is 6.54 Å². The number of rotatable bonds is 6. The Kier molecular flexibility index (Phi) is 7.00. The number of halogens is 2. The smallest absolute Gasteiger partial charge is 0.238 e. The molecule has 6 rings (SSSR count). The number of aliphatic imine (C=N–C) groups is 1. The lowest BCUT2D eigenvalue weighted by molar-refractivity contribution is 0.593. The summed E-state index contributed by atoms with van der Waals surface area (Å²) >= 11 is 12.4. The molecule has 2 heterocycles. The van der Waals surface area contributed by atoms with E-state index in [2.05, 4.69) is 29.7 Å². The SMILES string of the molecule is Cc1c(C=Nc2oc(-c3ccccc3)c(-c3ccccc3)c2C#N)c2ccccc2n1Cc1ccc(Cl)c(Cl)c1. The van der Waals surface area contributed by atoms with Crippen LogP contribution in [0.2, 0.25) is 10.0 Å². The lowest BCUT2D eigenvalue weighted by Gasteiger charge is -2.09. The van der Waals surface area contributed by atoms with E-state index in [0.29, 0.717) is 27.9 Å². The zero-order chi connectivity index (χ0) is 27.6. The first-order chi connectivity index (χ1) is 19.5. The maximum Gasteiger partial charge on any atom is 0.238 e. The molecule has 40 heavy (non-hydrogen) atoms. The molecule has 0 bridgehead atoms. The second-order valence-corrected chi connectivity index (χ2v) is 10.3. The third-order valence-corrected chi connectivity index (χ3v) is 7.75. The first kappa shape index (κ1) is 25.7. The number of furan rings is 1. The molecule has 6 heteroatoms. The third-order valence-electron chi connectivity index (χ3n) is 7.02. The van der Waals surface area contributed by atoms with Gasteiger partial charge < -0.3 is 8.98 Å². The largest absolute Gasteiger partial charge is 0.436 e. The highest BCUT2D eigenvalue weighted by molar-refractivity contribution is 6.42. The number of para-hydroxylation sites is 1. The molecule has 0 saturated heterocycles. The lowest BCUT2D eigenvalue weighted by Crippen LogP contribution is -2.02. The molecule has 4 nitrogen and oxygen atoms in total. The summed E-state index contributed by atoms with van der Waals surface area (Å²) in [5.74, 6) is 0.898. The topological polar surface area (TPSA) is 54.2 Å². The van der Waals surface area contributed by atoms with Crippen molar-refractivity contribution < 1.29 is 4.42 Å². The zero-order valence-corrected chi connectivity index (χ0v) is 23.1. The van der Waals surface area contributed by atoms with E-state index < -0.39 is 0 Å². The van der Waals surface area contributed by atoms with Crippen LogP contribution < -0.4 is 0 Å². The quantitative estimate of drug-likeness (QED) is 0.190. The Morgan fingerprint density at radius 3 is 2.23 bits per heavy atom. The normalized spacial score (nSPS) is 11.3. The van der Waals surface area contributed by atoms with Crippen molar-refractivity contribution in [1.82, 2.24) is 4.57 Å². The van der Waals surface area contributed by atoms with Crippen LogP contribution in [0.4, 0.5) is 5.88 Å². The van der Waals surface area contributed by atoms with Gasteiger partial charge in [-0.15, -0.1) is 0 Å². The van der Waals surface area contributed by atoms with Crippen LogP contribution >= 0.6 is 23.2 Å². The van der Waals surface area contributed by atoms with Crippen molar-refractivity contribution >= 4 is 46.2 Å². The molecule has 0 amide bonds. The van der Waals surface area contributed by atoms with E-state index in [1.54, 1.807) is 6.21 Å². The van der Waals surface area contributed by atoms with Crippen LogP contribution in [0.1, 0.15) is 22.4 Å². The van der Waals surface area contributed by atoms with Crippen molar-refractivity contribution in [3.05, 3.63) is 136 Å². The fourth-order valence-corrected chi connectivity index (χ4v) is 5.38. The van der Waals surface area contributed by atoms with Crippen molar-refractivity contribution in [2.45, 2.75) is 13.5 Å². The minimum Gasteiger partial charge on any atom is -0.436 e. The molecule has 0 aliphatic carbocycles. The van der Waals surface area contributed by atoms with Crippen molar-refractivity contribution in [3.63, 3.8) is 0 Å². The molecule has 194 valence electrons. The summed E-state index contributed by atoms with van der Waals surface area (Å²) in [6.07, 6.45) is 1.80. The number of fused-ring (bicyclic) bond motifs is 1. The highest BCUT2D eigenvalue weighted by Crippen LogP contribution is 2.42. The van der Waals surface area contributed by atoms with E-state index in [1.807, 2.05) is 91.0 Å². The van der Waals surface area contributed by atoms with Crippen LogP contribution in [0.3, 0.4) is 0 Å². The molecule has 0 aliphatic rings. The van der Waals surface area contributed by atoms with Gasteiger partial charge in [0.1, 0.15) is 17.4 Å². The summed E-state index contributed by atoms with van der Waals surface area (Å²) in [6.45, 7) is 2.69. The first-order valence-corrected chi connectivity index (χ1v) is 13.5. The van der Waals surface area contributed by atoms with Gasteiger partial charge in [-0.2, -0.15) is 5.26 Å². The second-order valence-electron chi connectivity index (χ2n) is 9.44. The molecule has 0 unspecified atom stereocenters. The van der Waals surface area contributed by atoms with Gasteiger partial charge in [-0.1, -0.05) is 108 Å². The van der Waals surface area contributed by atoms with E-state index in [1.165, 1.54) is 0 Å². The summed E-state index contributed by atoms with van der Waals surface area (Å²) in [5, 5.41) is 12.4. The summed E-state index contributed by atoms with van der Waals surface area (Å²) in [6, 6.07) is 35.9. The molecule has 0 aliphatic heterocycles. The predicted octanol–water partition coefficient (Wildman–Crippen LogP) is 9.85. The highest BCUT2D eigenvalue weighted by atomic mass is 35.5. The Morgan fingerprint density at radius 1 is 0.850 bits per heavy atom. The fraction of sp³-hybridized carbons (Fsp3) is 0.0588. The van der Waals surface area contributed by atoms with Gasteiger partial charge in [-0.05, 0) is 36.2 Å². The van der Waals surface area contributed by atoms with E-state index >= 15 is 0 Å². The van der Waals surface area contributed by atoms with Crippen molar-refractivity contribution in [2.75, 3.05) is 0 Å². The summed E-state index contributed by atoms with van der Waals surface area (Å²) < 4.78 is 8.55. The monoisotopic (exact) mass is 559 g/mol. The molecule has 0 atom stereocenters. The molecule has 4 aromatic carbocycles. The Balaban J connectivity index is 1.47. The van der Waals surface area contributed by atoms with Crippen LogP contribution in [0, 0.1) is 18.3 Å². The number of benzene rings is 4. The van der Waals surface area contributed by atoms with E-state index in [-0.39, 0.29) is 5.88 Å². The van der Waals surface area contributed by atoms with Gasteiger partial charge in [0.15, 0.2) is 0 Å². The number of nitrogens with zero attached hydrogens (tertiary/aromatic N) is 3. The predicted molar refractivity (Wildman–Crippen MR) is 164 cm³/mol. The highest BCUT2D eigenvalue weighted by Gasteiger charge is 2.23. The second kappa shape index (κ2) is 10.9. The average molecular weight is 560 g/mol. The number of aromatic nitrogens is 1. The van der Waals surface area contributed by atoms with Gasteiger partial charge in [-0.3, -0.25) is 0 Å². The first-order valence-electron chi connectivity index (χ1n) is 12.8. The number of hydrogen-bond donors (Lipinski definition) is 0. The summed E-state index contributed by atoms with van der Waals surface area (Å²) in [7, 11) is 0. The summed E-state index contributed by atoms with van der Waals surface area (Å²) in [4.78, 5) is 4.77. The Hall–Kier alpha value is -4.56. The van der Waals surface area contributed by atoms with Gasteiger partial charge >= 0.3 is 0 Å². The molecular formula is C34H23Cl2N3O. The fourth-order valence-electron chi connectivity index (χ4n) is 5.06. The van der Waals surface area contributed by atoms with E-state index in [9.17, 15) is 5.26 Å². The van der Waals surface area contributed by atoms with Gasteiger partial charge in [0, 0.05) is 46.0 Å². The minimum absolute atomic E-state index is 0.279. The molecule has 0 spiro atoms. The Bertz CT molecular complexity index is 1910. The lowest BCUT2D eigenvalue weighted by atomic mass is 9.98. The Morgan fingerprint density at radius 2 is 1.52 bits per heavy atom. The van der Waals surface area contributed by atoms with Gasteiger partial charge in [0.2, 0.25) is 5.88 Å². The third kappa shape index (κ3) is 4.71. The van der Waals surface area contributed by atoms with Crippen LogP contribution in [-0.4, -0.2) is 10.8 Å². The van der Waals surface area contributed by atoms with E-state index in [0.717, 1.165) is 44.4 Å². The molecule has 0 N–H and O–H groups in total. The van der Waals surface area contributed by atoms with Crippen molar-refractivity contribution in [2.24, 2.45) is 4.99 Å². The molecule has 2 aromatic heterocycles. The van der Waals surface area contributed by atoms with Crippen LogP contribution in [0.25, 0.3) is 33.4 Å². The molecule has 0 saturated carbocycles. The minimum atomic E-state index is 0.279. The number of hydrogen-bond acceptors (Lipinski definition) is 3. The van der Waals surface area contributed by atoms with Crippen molar-refractivity contribution in [3.8, 4) is 28.5 Å². The van der Waals surface area contributed by atoms with E-state index in [4.69, 9.17) is 32.6 Å².